The first-order valence-corrected chi connectivity index (χ1v) is 10.6. The predicted octanol–water partition coefficient (Wildman–Crippen LogP) is 5.21. The number of halogens is 1. The van der Waals surface area contributed by atoms with Gasteiger partial charge in [-0.05, 0) is 60.5 Å². The molecule has 0 saturated carbocycles. The first-order chi connectivity index (χ1) is 13.7. The van der Waals surface area contributed by atoms with Crippen molar-refractivity contribution in [1.82, 2.24) is 10.2 Å². The van der Waals surface area contributed by atoms with Crippen molar-refractivity contribution in [1.29, 1.82) is 0 Å². The number of hydrogen-bond acceptors (Lipinski definition) is 2. The number of rotatable bonds is 5. The molecule has 2 aromatic rings. The zero-order chi connectivity index (χ0) is 21.0. The van der Waals surface area contributed by atoms with E-state index in [9.17, 15) is 9.18 Å². The number of nitrogens with one attached hydrogen (secondary N) is 1. The molecule has 2 unspecified atom stereocenters. The van der Waals surface area contributed by atoms with Gasteiger partial charge in [0, 0.05) is 13.1 Å². The summed E-state index contributed by atoms with van der Waals surface area (Å²) in [6.07, 6.45) is 1.93. The highest BCUT2D eigenvalue weighted by molar-refractivity contribution is 5.79. The first kappa shape index (κ1) is 21.5. The quantitative estimate of drug-likeness (QED) is 0.752. The highest BCUT2D eigenvalue weighted by atomic mass is 19.1. The summed E-state index contributed by atoms with van der Waals surface area (Å²) in [5.74, 6) is -0.0872. The number of carbonyl (C=O) groups is 1. The van der Waals surface area contributed by atoms with E-state index in [0.717, 1.165) is 43.6 Å². The lowest BCUT2D eigenvalue weighted by Crippen LogP contribution is -2.43. The third-order valence-electron chi connectivity index (χ3n) is 5.83. The molecule has 3 nitrogen and oxygen atoms in total. The average Bonchev–Trinajstić information content (AvgIpc) is 2.69. The zero-order valence-electron chi connectivity index (χ0n) is 18.0. The highest BCUT2D eigenvalue weighted by Crippen LogP contribution is 2.25. The molecule has 1 fully saturated rings. The maximum atomic E-state index is 13.1. The smallest absolute Gasteiger partial charge is 0.224 e. The molecule has 1 aliphatic rings. The Balaban J connectivity index is 1.56. The van der Waals surface area contributed by atoms with Crippen LogP contribution in [0.1, 0.15) is 63.3 Å². The van der Waals surface area contributed by atoms with Crippen molar-refractivity contribution in [3.8, 4) is 0 Å². The molecule has 1 N–H and O–H groups in total. The Hall–Kier alpha value is -2.20. The number of hydrogen-bond donors (Lipinski definition) is 1. The molecule has 1 aliphatic heterocycles. The van der Waals surface area contributed by atoms with Gasteiger partial charge in [-0.25, -0.2) is 4.39 Å². The maximum absolute atomic E-state index is 13.1. The Bertz CT molecular complexity index is 808. The minimum absolute atomic E-state index is 0.000460. The minimum atomic E-state index is -0.214. The van der Waals surface area contributed by atoms with Crippen LogP contribution in [0, 0.1) is 11.7 Å². The van der Waals surface area contributed by atoms with E-state index in [1.165, 1.54) is 17.7 Å². The zero-order valence-corrected chi connectivity index (χ0v) is 18.0. The molecular weight excluding hydrogens is 363 g/mol. The van der Waals surface area contributed by atoms with Crippen LogP contribution in [0.2, 0.25) is 0 Å². The second-order valence-electron chi connectivity index (χ2n) is 9.30. The Kier molecular flexibility index (Phi) is 6.74. The fraction of sp³-hybridized carbons (Fsp3) is 0.480. The molecular formula is C25H33FN2O. The lowest BCUT2D eigenvalue weighted by molar-refractivity contribution is -0.127. The van der Waals surface area contributed by atoms with Crippen molar-refractivity contribution >= 4 is 5.91 Å². The lowest BCUT2D eigenvalue weighted by Gasteiger charge is -2.32. The lowest BCUT2D eigenvalue weighted by atomic mass is 9.86. The Morgan fingerprint density at radius 1 is 1.14 bits per heavy atom. The van der Waals surface area contributed by atoms with Gasteiger partial charge in [-0.2, -0.15) is 0 Å². The average molecular weight is 397 g/mol. The summed E-state index contributed by atoms with van der Waals surface area (Å²) in [6.45, 7) is 11.1. The first-order valence-electron chi connectivity index (χ1n) is 10.6. The molecule has 1 heterocycles. The van der Waals surface area contributed by atoms with Crippen LogP contribution in [0.3, 0.4) is 0 Å². The number of likely N-dealkylation sites (tertiary alicyclic amines) is 1. The molecule has 2 aromatic carbocycles. The van der Waals surface area contributed by atoms with E-state index in [0.29, 0.717) is 0 Å². The molecule has 0 aliphatic carbocycles. The molecule has 0 bridgehead atoms. The fourth-order valence-corrected chi connectivity index (χ4v) is 3.95. The minimum Gasteiger partial charge on any atom is -0.349 e. The number of benzene rings is 2. The molecule has 29 heavy (non-hydrogen) atoms. The Morgan fingerprint density at radius 3 is 2.41 bits per heavy atom. The second kappa shape index (κ2) is 9.08. The van der Waals surface area contributed by atoms with Crippen molar-refractivity contribution in [3.63, 3.8) is 0 Å². The van der Waals surface area contributed by atoms with Crippen molar-refractivity contribution in [2.24, 2.45) is 5.92 Å². The summed E-state index contributed by atoms with van der Waals surface area (Å²) in [5.41, 5.74) is 3.63. The Labute approximate surface area is 174 Å². The molecule has 2 atom stereocenters. The topological polar surface area (TPSA) is 32.3 Å². The van der Waals surface area contributed by atoms with Crippen LogP contribution in [0.25, 0.3) is 0 Å². The monoisotopic (exact) mass is 396 g/mol. The fourth-order valence-electron chi connectivity index (χ4n) is 3.95. The third-order valence-corrected chi connectivity index (χ3v) is 5.83. The molecule has 0 aromatic heterocycles. The van der Waals surface area contributed by atoms with Gasteiger partial charge >= 0.3 is 0 Å². The summed E-state index contributed by atoms with van der Waals surface area (Å²) in [7, 11) is 0. The second-order valence-corrected chi connectivity index (χ2v) is 9.30. The van der Waals surface area contributed by atoms with Crippen molar-refractivity contribution in [2.45, 2.75) is 58.5 Å². The predicted molar refractivity (Wildman–Crippen MR) is 116 cm³/mol. The number of carbonyl (C=O) groups excluding carboxylic acids is 1. The van der Waals surface area contributed by atoms with E-state index in [-0.39, 0.29) is 29.1 Å². The van der Waals surface area contributed by atoms with Gasteiger partial charge < -0.3 is 5.32 Å². The summed E-state index contributed by atoms with van der Waals surface area (Å²) in [6, 6.07) is 15.2. The van der Waals surface area contributed by atoms with Crippen molar-refractivity contribution in [3.05, 3.63) is 71.0 Å². The molecule has 0 spiro atoms. The SMILES string of the molecule is CC(NC(=O)C1CCCN(Cc2ccc(F)cc2)C1)c1ccc(C(C)(C)C)cc1. The van der Waals surface area contributed by atoms with E-state index in [1.807, 2.05) is 19.1 Å². The standard InChI is InChI=1S/C25H33FN2O/c1-18(20-9-11-22(12-10-20)25(2,3)4)27-24(29)21-6-5-15-28(17-21)16-19-7-13-23(26)14-8-19/h7-14,18,21H,5-6,15-17H2,1-4H3,(H,27,29). The van der Waals surface area contributed by atoms with Gasteiger partial charge in [-0.3, -0.25) is 9.69 Å². The molecule has 0 radical (unpaired) electrons. The van der Waals surface area contributed by atoms with Crippen molar-refractivity contribution < 1.29 is 9.18 Å². The molecule has 1 amide bonds. The van der Waals surface area contributed by atoms with Crippen LogP contribution in [-0.4, -0.2) is 23.9 Å². The molecule has 156 valence electrons. The van der Waals surface area contributed by atoms with E-state index in [4.69, 9.17) is 0 Å². The van der Waals surface area contributed by atoms with Crippen LogP contribution in [0.4, 0.5) is 4.39 Å². The van der Waals surface area contributed by atoms with Crippen LogP contribution in [0.15, 0.2) is 48.5 Å². The molecule has 1 saturated heterocycles. The van der Waals surface area contributed by atoms with Gasteiger partial charge in [0.15, 0.2) is 0 Å². The number of amides is 1. The molecule has 3 rings (SSSR count). The van der Waals surface area contributed by atoms with Gasteiger partial charge in [0.05, 0.1) is 12.0 Å². The normalized spacial score (nSPS) is 19.0. The van der Waals surface area contributed by atoms with Crippen LogP contribution in [-0.2, 0) is 16.8 Å². The number of piperidine rings is 1. The highest BCUT2D eigenvalue weighted by Gasteiger charge is 2.27. The van der Waals surface area contributed by atoms with Gasteiger partial charge in [0.2, 0.25) is 5.91 Å². The summed E-state index contributed by atoms with van der Waals surface area (Å²) in [5, 5.41) is 3.20. The third kappa shape index (κ3) is 5.89. The van der Waals surface area contributed by atoms with Gasteiger partial charge in [-0.15, -0.1) is 0 Å². The van der Waals surface area contributed by atoms with E-state index in [2.05, 4.69) is 55.3 Å². The Morgan fingerprint density at radius 2 is 1.79 bits per heavy atom. The number of nitrogens with zero attached hydrogens (tertiary/aromatic N) is 1. The van der Waals surface area contributed by atoms with Crippen LogP contribution < -0.4 is 5.32 Å². The summed E-state index contributed by atoms with van der Waals surface area (Å²) >= 11 is 0. The van der Waals surface area contributed by atoms with Crippen molar-refractivity contribution in [2.75, 3.05) is 13.1 Å². The maximum Gasteiger partial charge on any atom is 0.224 e. The van der Waals surface area contributed by atoms with Gasteiger partial charge in [-0.1, -0.05) is 57.2 Å². The van der Waals surface area contributed by atoms with Gasteiger partial charge in [0.25, 0.3) is 0 Å². The molecule has 4 heteroatoms. The summed E-state index contributed by atoms with van der Waals surface area (Å²) in [4.78, 5) is 15.2. The summed E-state index contributed by atoms with van der Waals surface area (Å²) < 4.78 is 13.1. The van der Waals surface area contributed by atoms with Crippen LogP contribution >= 0.6 is 0 Å². The van der Waals surface area contributed by atoms with Gasteiger partial charge in [0.1, 0.15) is 5.82 Å². The van der Waals surface area contributed by atoms with E-state index < -0.39 is 0 Å². The van der Waals surface area contributed by atoms with E-state index >= 15 is 0 Å². The van der Waals surface area contributed by atoms with E-state index in [1.54, 1.807) is 0 Å². The van der Waals surface area contributed by atoms with Crippen LogP contribution in [0.5, 0.6) is 0 Å². The largest absolute Gasteiger partial charge is 0.349 e.